The fourth-order valence-electron chi connectivity index (χ4n) is 1.22. The molecule has 1 rings (SSSR count). The summed E-state index contributed by atoms with van der Waals surface area (Å²) in [4.78, 5) is 15.3. The van der Waals surface area contributed by atoms with Gasteiger partial charge in [-0.1, -0.05) is 6.92 Å². The Labute approximate surface area is 110 Å². The van der Waals surface area contributed by atoms with Crippen molar-refractivity contribution in [2.24, 2.45) is 5.73 Å². The molecule has 4 nitrogen and oxygen atoms in total. The van der Waals surface area contributed by atoms with Crippen molar-refractivity contribution >= 4 is 29.1 Å². The number of nitrogens with two attached hydrogens (primary N) is 1. The fourth-order valence-corrected chi connectivity index (χ4v) is 3.02. The van der Waals surface area contributed by atoms with Gasteiger partial charge in [0.2, 0.25) is 0 Å². The van der Waals surface area contributed by atoms with E-state index in [9.17, 15) is 4.79 Å². The van der Waals surface area contributed by atoms with Crippen LogP contribution in [0.5, 0.6) is 0 Å². The highest BCUT2D eigenvalue weighted by molar-refractivity contribution is 7.99. The van der Waals surface area contributed by atoms with E-state index >= 15 is 0 Å². The monoisotopic (exact) mass is 274 g/mol. The minimum atomic E-state index is -0.963. The summed E-state index contributed by atoms with van der Waals surface area (Å²) >= 11 is 3.17. The molecule has 17 heavy (non-hydrogen) atoms. The highest BCUT2D eigenvalue weighted by Gasteiger charge is 2.32. The number of hydrogen-bond donors (Lipinski definition) is 2. The molecule has 0 unspecified atom stereocenters. The molecule has 0 spiro atoms. The summed E-state index contributed by atoms with van der Waals surface area (Å²) < 4.78 is -0.498. The number of carboxylic acids is 1. The van der Waals surface area contributed by atoms with Gasteiger partial charge in [-0.25, -0.2) is 4.98 Å². The van der Waals surface area contributed by atoms with Gasteiger partial charge in [-0.2, -0.15) is 0 Å². The summed E-state index contributed by atoms with van der Waals surface area (Å²) in [7, 11) is 0. The molecule has 3 N–H and O–H groups in total. The third-order valence-corrected chi connectivity index (χ3v) is 4.99. The first kappa shape index (κ1) is 14.5. The van der Waals surface area contributed by atoms with Crippen LogP contribution in [0, 0.1) is 0 Å². The molecule has 0 aliphatic carbocycles. The van der Waals surface area contributed by atoms with Crippen LogP contribution in [0.2, 0.25) is 0 Å². The molecule has 0 aliphatic rings. The Morgan fingerprint density at radius 1 is 1.71 bits per heavy atom. The summed E-state index contributed by atoms with van der Waals surface area (Å²) in [6, 6.07) is -0.864. The van der Waals surface area contributed by atoms with Crippen molar-refractivity contribution in [3.63, 3.8) is 0 Å². The van der Waals surface area contributed by atoms with Gasteiger partial charge in [-0.3, -0.25) is 4.79 Å². The van der Waals surface area contributed by atoms with Gasteiger partial charge in [0.25, 0.3) is 0 Å². The minimum Gasteiger partial charge on any atom is -0.480 e. The van der Waals surface area contributed by atoms with E-state index in [0.29, 0.717) is 5.75 Å². The van der Waals surface area contributed by atoms with Crippen LogP contribution in [0.4, 0.5) is 0 Å². The Bertz CT molecular complexity index is 391. The smallest absolute Gasteiger partial charge is 0.321 e. The topological polar surface area (TPSA) is 76.2 Å². The average molecular weight is 274 g/mol. The van der Waals surface area contributed by atoms with E-state index in [1.807, 2.05) is 19.2 Å². The van der Waals surface area contributed by atoms with E-state index in [-0.39, 0.29) is 0 Å². The number of carbonyl (C=O) groups is 1. The Kier molecular flexibility index (Phi) is 4.97. The van der Waals surface area contributed by atoms with Crippen molar-refractivity contribution in [3.05, 3.63) is 16.1 Å². The van der Waals surface area contributed by atoms with Crippen LogP contribution in [0.25, 0.3) is 0 Å². The molecule has 1 aromatic heterocycles. The third kappa shape index (κ3) is 3.97. The van der Waals surface area contributed by atoms with Crippen molar-refractivity contribution in [3.8, 4) is 0 Å². The van der Waals surface area contributed by atoms with Crippen molar-refractivity contribution in [1.82, 2.24) is 4.98 Å². The molecule has 0 radical (unpaired) electrons. The molecule has 1 heterocycles. The Balaban J connectivity index is 2.57. The summed E-state index contributed by atoms with van der Waals surface area (Å²) in [6.07, 6.45) is 0.938. The van der Waals surface area contributed by atoms with Gasteiger partial charge < -0.3 is 10.8 Å². The van der Waals surface area contributed by atoms with E-state index in [0.717, 1.165) is 17.1 Å². The molecule has 0 fully saturated rings. The number of thioether (sulfide) groups is 1. The zero-order chi connectivity index (χ0) is 13.1. The lowest BCUT2D eigenvalue weighted by Crippen LogP contribution is -2.46. The molecule has 1 aromatic rings. The number of aromatic nitrogens is 1. The van der Waals surface area contributed by atoms with Crippen LogP contribution in [0.15, 0.2) is 5.38 Å². The van der Waals surface area contributed by atoms with Gasteiger partial charge in [0.15, 0.2) is 0 Å². The number of aliphatic carboxylic acids is 1. The number of thiazole rings is 1. The first-order chi connectivity index (χ1) is 7.86. The van der Waals surface area contributed by atoms with Crippen LogP contribution in [0.1, 0.15) is 31.5 Å². The SMILES string of the molecule is CCc1nc(CSC(C)(C)[C@@H](N)C(=O)O)cs1. The van der Waals surface area contributed by atoms with E-state index in [1.54, 1.807) is 11.3 Å². The number of nitrogens with zero attached hydrogens (tertiary/aromatic N) is 1. The normalized spacial score (nSPS) is 13.6. The molecule has 6 heteroatoms. The zero-order valence-corrected chi connectivity index (χ0v) is 11.9. The fraction of sp³-hybridized carbons (Fsp3) is 0.636. The van der Waals surface area contributed by atoms with E-state index < -0.39 is 16.8 Å². The average Bonchev–Trinajstić information content (AvgIpc) is 2.73. The molecule has 0 bridgehead atoms. The van der Waals surface area contributed by atoms with Crippen LogP contribution >= 0.6 is 23.1 Å². The summed E-state index contributed by atoms with van der Waals surface area (Å²) in [6.45, 7) is 5.77. The maximum atomic E-state index is 10.9. The second-order valence-electron chi connectivity index (χ2n) is 4.29. The quantitative estimate of drug-likeness (QED) is 0.831. The summed E-state index contributed by atoms with van der Waals surface area (Å²) in [5.41, 5.74) is 6.65. The Morgan fingerprint density at radius 2 is 2.35 bits per heavy atom. The lowest BCUT2D eigenvalue weighted by molar-refractivity contribution is -0.139. The highest BCUT2D eigenvalue weighted by atomic mass is 32.2. The van der Waals surface area contributed by atoms with Crippen molar-refractivity contribution < 1.29 is 9.90 Å². The molecule has 0 saturated carbocycles. The maximum Gasteiger partial charge on any atom is 0.321 e. The van der Waals surface area contributed by atoms with Crippen molar-refractivity contribution in [2.45, 2.75) is 43.7 Å². The van der Waals surface area contributed by atoms with Gasteiger partial charge >= 0.3 is 5.97 Å². The first-order valence-corrected chi connectivity index (χ1v) is 7.29. The van der Waals surface area contributed by atoms with Gasteiger partial charge in [-0.15, -0.1) is 23.1 Å². The number of hydrogen-bond acceptors (Lipinski definition) is 5. The predicted molar refractivity (Wildman–Crippen MR) is 72.5 cm³/mol. The number of rotatable bonds is 6. The first-order valence-electron chi connectivity index (χ1n) is 5.42. The molecule has 0 saturated heterocycles. The molecule has 1 atom stereocenters. The van der Waals surface area contributed by atoms with Crippen LogP contribution in [-0.2, 0) is 17.0 Å². The molecule has 0 aromatic carbocycles. The maximum absolute atomic E-state index is 10.9. The van der Waals surface area contributed by atoms with Gasteiger partial charge in [0.1, 0.15) is 6.04 Å². The minimum absolute atomic E-state index is 0.498. The molecule has 96 valence electrons. The third-order valence-electron chi connectivity index (χ3n) is 2.51. The lowest BCUT2D eigenvalue weighted by Gasteiger charge is -2.27. The molecular weight excluding hydrogens is 256 g/mol. The molecular formula is C11H18N2O2S2. The Morgan fingerprint density at radius 3 is 2.82 bits per heavy atom. The zero-order valence-electron chi connectivity index (χ0n) is 10.3. The molecule has 0 amide bonds. The van der Waals surface area contributed by atoms with Crippen LogP contribution < -0.4 is 5.73 Å². The van der Waals surface area contributed by atoms with E-state index in [1.165, 1.54) is 11.8 Å². The number of carboxylic acid groups (broad SMARTS) is 1. The number of aryl methyl sites for hydroxylation is 1. The predicted octanol–water partition coefficient (Wildman–Crippen LogP) is 2.13. The summed E-state index contributed by atoms with van der Waals surface area (Å²) in [5, 5.41) is 12.0. The Hall–Kier alpha value is -0.590. The highest BCUT2D eigenvalue weighted by Crippen LogP contribution is 2.30. The standard InChI is InChI=1S/C11H18N2O2S2/c1-4-8-13-7(5-16-8)6-17-11(2,3)9(12)10(14)15/h5,9H,4,6,12H2,1-3H3,(H,14,15)/t9-/m0/s1. The largest absolute Gasteiger partial charge is 0.480 e. The lowest BCUT2D eigenvalue weighted by atomic mass is 10.1. The van der Waals surface area contributed by atoms with Crippen molar-refractivity contribution in [2.75, 3.05) is 0 Å². The van der Waals surface area contributed by atoms with Gasteiger partial charge in [0.05, 0.1) is 10.7 Å². The van der Waals surface area contributed by atoms with Gasteiger partial charge in [-0.05, 0) is 20.3 Å². The van der Waals surface area contributed by atoms with Crippen molar-refractivity contribution in [1.29, 1.82) is 0 Å². The summed E-state index contributed by atoms with van der Waals surface area (Å²) in [5.74, 6) is -0.264. The van der Waals surface area contributed by atoms with Crippen LogP contribution in [0.3, 0.4) is 0 Å². The second kappa shape index (κ2) is 5.84. The van der Waals surface area contributed by atoms with Gasteiger partial charge in [0, 0.05) is 15.9 Å². The van der Waals surface area contributed by atoms with E-state index in [4.69, 9.17) is 10.8 Å². The van der Waals surface area contributed by atoms with Crippen LogP contribution in [-0.4, -0.2) is 26.8 Å². The second-order valence-corrected chi connectivity index (χ2v) is 6.87. The van der Waals surface area contributed by atoms with E-state index in [2.05, 4.69) is 11.9 Å². The molecule has 0 aliphatic heterocycles.